The average Bonchev–Trinajstić information content (AvgIpc) is 2.05. The lowest BCUT2D eigenvalue weighted by Crippen LogP contribution is -2.25. The molecule has 0 aromatic heterocycles. The second-order valence-electron chi connectivity index (χ2n) is 4.29. The zero-order chi connectivity index (χ0) is 9.14. The molecule has 1 aliphatic carbocycles. The summed E-state index contributed by atoms with van der Waals surface area (Å²) in [5.74, 6) is 1.95. The molecule has 0 radical (unpaired) electrons. The summed E-state index contributed by atoms with van der Waals surface area (Å²) in [7, 11) is 0. The summed E-state index contributed by atoms with van der Waals surface area (Å²) in [6, 6.07) is 0. The van der Waals surface area contributed by atoms with Crippen LogP contribution in [0.1, 0.15) is 33.1 Å². The van der Waals surface area contributed by atoms with Gasteiger partial charge in [-0.1, -0.05) is 19.1 Å². The van der Waals surface area contributed by atoms with Crippen LogP contribution in [0.3, 0.4) is 0 Å². The van der Waals surface area contributed by atoms with E-state index in [9.17, 15) is 0 Å². The molecular weight excluding hydrogens is 148 g/mol. The third-order valence-electron chi connectivity index (χ3n) is 3.20. The first kappa shape index (κ1) is 9.79. The molecule has 1 saturated carbocycles. The molecule has 1 nitrogen and oxygen atoms in total. The minimum atomic E-state index is 0.358. The maximum atomic E-state index is 9.05. The van der Waals surface area contributed by atoms with E-state index in [1.165, 1.54) is 18.4 Å². The summed E-state index contributed by atoms with van der Waals surface area (Å²) in [6.07, 6.45) is 3.59. The fraction of sp³-hybridized carbons (Fsp3) is 0.818. The molecule has 0 aromatic rings. The Morgan fingerprint density at radius 2 is 2.17 bits per heavy atom. The van der Waals surface area contributed by atoms with E-state index in [1.807, 2.05) is 0 Å². The topological polar surface area (TPSA) is 20.2 Å². The van der Waals surface area contributed by atoms with Gasteiger partial charge in [-0.15, -0.1) is 0 Å². The predicted octanol–water partition coefficient (Wildman–Crippen LogP) is 2.61. The van der Waals surface area contributed by atoms with Crippen molar-refractivity contribution in [2.45, 2.75) is 33.1 Å². The molecule has 0 heterocycles. The van der Waals surface area contributed by atoms with E-state index in [0.717, 1.165) is 12.3 Å². The molecule has 70 valence electrons. The van der Waals surface area contributed by atoms with Crippen molar-refractivity contribution in [3.63, 3.8) is 0 Å². The number of aliphatic hydroxyl groups is 1. The van der Waals surface area contributed by atoms with Crippen LogP contribution in [-0.4, -0.2) is 11.7 Å². The molecule has 0 saturated heterocycles. The quantitative estimate of drug-likeness (QED) is 0.628. The molecular formula is C11H20O. The average molecular weight is 168 g/mol. The molecule has 3 unspecified atom stereocenters. The zero-order valence-electron chi connectivity index (χ0n) is 8.21. The summed E-state index contributed by atoms with van der Waals surface area (Å²) in [5, 5.41) is 9.05. The summed E-state index contributed by atoms with van der Waals surface area (Å²) >= 11 is 0. The van der Waals surface area contributed by atoms with E-state index >= 15 is 0 Å². The van der Waals surface area contributed by atoms with E-state index in [0.29, 0.717) is 18.4 Å². The van der Waals surface area contributed by atoms with Crippen molar-refractivity contribution in [1.29, 1.82) is 0 Å². The lowest BCUT2D eigenvalue weighted by Gasteiger charge is -2.33. The number of hydrogen-bond acceptors (Lipinski definition) is 1. The van der Waals surface area contributed by atoms with Gasteiger partial charge in [0.25, 0.3) is 0 Å². The summed E-state index contributed by atoms with van der Waals surface area (Å²) < 4.78 is 0. The molecule has 1 aliphatic rings. The van der Waals surface area contributed by atoms with Gasteiger partial charge in [0, 0.05) is 6.61 Å². The highest BCUT2D eigenvalue weighted by Gasteiger charge is 2.27. The fourth-order valence-corrected chi connectivity index (χ4v) is 2.26. The van der Waals surface area contributed by atoms with Gasteiger partial charge < -0.3 is 5.11 Å². The van der Waals surface area contributed by atoms with Gasteiger partial charge in [-0.3, -0.25) is 0 Å². The Hall–Kier alpha value is -0.300. The monoisotopic (exact) mass is 168 g/mol. The number of hydrogen-bond donors (Lipinski definition) is 1. The second-order valence-corrected chi connectivity index (χ2v) is 4.29. The van der Waals surface area contributed by atoms with Crippen LogP contribution in [0.2, 0.25) is 0 Å². The van der Waals surface area contributed by atoms with E-state index < -0.39 is 0 Å². The Kier molecular flexibility index (Phi) is 3.33. The van der Waals surface area contributed by atoms with Crippen LogP contribution in [0.5, 0.6) is 0 Å². The van der Waals surface area contributed by atoms with Crippen LogP contribution >= 0.6 is 0 Å². The van der Waals surface area contributed by atoms with Crippen molar-refractivity contribution in [2.75, 3.05) is 6.61 Å². The standard InChI is InChI=1S/C11H20O/c1-8(2)11-6-10(7-12)5-4-9(11)3/h9-12H,1,4-7H2,2-3H3. The van der Waals surface area contributed by atoms with Gasteiger partial charge in [0.2, 0.25) is 0 Å². The van der Waals surface area contributed by atoms with Gasteiger partial charge in [-0.05, 0) is 43.9 Å². The molecule has 0 spiro atoms. The summed E-state index contributed by atoms with van der Waals surface area (Å²) in [4.78, 5) is 0. The highest BCUT2D eigenvalue weighted by Crippen LogP contribution is 2.36. The van der Waals surface area contributed by atoms with Crippen molar-refractivity contribution >= 4 is 0 Å². The molecule has 0 aliphatic heterocycles. The van der Waals surface area contributed by atoms with Gasteiger partial charge in [-0.2, -0.15) is 0 Å². The SMILES string of the molecule is C=C(C)C1CC(CO)CCC1C. The van der Waals surface area contributed by atoms with Crippen molar-refractivity contribution in [1.82, 2.24) is 0 Å². The Balaban J connectivity index is 2.53. The Bertz CT molecular complexity index is 162. The van der Waals surface area contributed by atoms with E-state index in [4.69, 9.17) is 5.11 Å². The molecule has 0 amide bonds. The van der Waals surface area contributed by atoms with Gasteiger partial charge >= 0.3 is 0 Å². The second kappa shape index (κ2) is 4.08. The van der Waals surface area contributed by atoms with E-state index in [-0.39, 0.29) is 0 Å². The van der Waals surface area contributed by atoms with Gasteiger partial charge in [0.1, 0.15) is 0 Å². The van der Waals surface area contributed by atoms with Crippen molar-refractivity contribution in [2.24, 2.45) is 17.8 Å². The minimum Gasteiger partial charge on any atom is -0.396 e. The Morgan fingerprint density at radius 1 is 1.50 bits per heavy atom. The molecule has 0 bridgehead atoms. The largest absolute Gasteiger partial charge is 0.396 e. The maximum Gasteiger partial charge on any atom is 0.0459 e. The molecule has 12 heavy (non-hydrogen) atoms. The first-order valence-corrected chi connectivity index (χ1v) is 4.91. The van der Waals surface area contributed by atoms with Crippen molar-refractivity contribution < 1.29 is 5.11 Å². The van der Waals surface area contributed by atoms with Crippen molar-refractivity contribution in [3.05, 3.63) is 12.2 Å². The fourth-order valence-electron chi connectivity index (χ4n) is 2.26. The number of aliphatic hydroxyl groups excluding tert-OH is 1. The van der Waals surface area contributed by atoms with Crippen LogP contribution in [0.15, 0.2) is 12.2 Å². The Morgan fingerprint density at radius 3 is 2.67 bits per heavy atom. The number of allylic oxidation sites excluding steroid dienone is 1. The van der Waals surface area contributed by atoms with Gasteiger partial charge in [0.15, 0.2) is 0 Å². The van der Waals surface area contributed by atoms with Gasteiger partial charge in [0.05, 0.1) is 0 Å². The van der Waals surface area contributed by atoms with Crippen molar-refractivity contribution in [3.8, 4) is 0 Å². The van der Waals surface area contributed by atoms with Crippen LogP contribution < -0.4 is 0 Å². The first-order valence-electron chi connectivity index (χ1n) is 4.91. The van der Waals surface area contributed by atoms with Crippen LogP contribution in [0, 0.1) is 17.8 Å². The minimum absolute atomic E-state index is 0.358. The molecule has 1 fully saturated rings. The highest BCUT2D eigenvalue weighted by molar-refractivity contribution is 5.00. The molecule has 1 N–H and O–H groups in total. The van der Waals surface area contributed by atoms with Crippen LogP contribution in [-0.2, 0) is 0 Å². The lowest BCUT2D eigenvalue weighted by atomic mass is 9.72. The Labute approximate surface area is 75.5 Å². The zero-order valence-corrected chi connectivity index (χ0v) is 8.21. The maximum absolute atomic E-state index is 9.05. The summed E-state index contributed by atoms with van der Waals surface area (Å²) in [6.45, 7) is 8.78. The first-order chi connectivity index (χ1) is 5.65. The van der Waals surface area contributed by atoms with E-state index in [2.05, 4.69) is 20.4 Å². The third-order valence-corrected chi connectivity index (χ3v) is 3.20. The number of rotatable bonds is 2. The van der Waals surface area contributed by atoms with E-state index in [1.54, 1.807) is 0 Å². The molecule has 0 aromatic carbocycles. The van der Waals surface area contributed by atoms with Gasteiger partial charge in [-0.25, -0.2) is 0 Å². The molecule has 3 atom stereocenters. The highest BCUT2D eigenvalue weighted by atomic mass is 16.3. The normalized spacial score (nSPS) is 36.4. The smallest absolute Gasteiger partial charge is 0.0459 e. The van der Waals surface area contributed by atoms with Crippen LogP contribution in [0.25, 0.3) is 0 Å². The molecule has 1 rings (SSSR count). The third kappa shape index (κ3) is 2.10. The molecule has 1 heteroatoms. The summed E-state index contributed by atoms with van der Waals surface area (Å²) in [5.41, 5.74) is 1.29. The van der Waals surface area contributed by atoms with Crippen LogP contribution in [0.4, 0.5) is 0 Å². The predicted molar refractivity (Wildman–Crippen MR) is 51.9 cm³/mol. The lowest BCUT2D eigenvalue weighted by molar-refractivity contribution is 0.143.